The first-order valence-corrected chi connectivity index (χ1v) is 6.47. The smallest absolute Gasteiger partial charge is 0.226 e. The molecule has 0 radical (unpaired) electrons. The van der Waals surface area contributed by atoms with Crippen LogP contribution in [0.25, 0.3) is 0 Å². The Labute approximate surface area is 102 Å². The molecule has 0 unspecified atom stereocenters. The Bertz CT molecular complexity index is 326. The molecule has 0 spiro atoms. The van der Waals surface area contributed by atoms with Crippen LogP contribution in [0.4, 0.5) is 5.13 Å². The fraction of sp³-hybridized carbons (Fsp3) is 0.667. The predicted octanol–water partition coefficient (Wildman–Crippen LogP) is 3.85. The van der Waals surface area contributed by atoms with Gasteiger partial charge in [0.15, 0.2) is 5.13 Å². The van der Waals surface area contributed by atoms with Crippen molar-refractivity contribution in [1.82, 2.24) is 4.98 Å². The summed E-state index contributed by atoms with van der Waals surface area (Å²) in [6, 6.07) is 0. The van der Waals surface area contributed by atoms with Gasteiger partial charge in [-0.05, 0) is 12.3 Å². The molecule has 0 aliphatic carbocycles. The molecule has 1 heterocycles. The first kappa shape index (κ1) is 15.1. The maximum absolute atomic E-state index is 11.5. The van der Waals surface area contributed by atoms with E-state index in [1.54, 1.807) is 0 Å². The molecule has 0 aliphatic rings. The molecule has 92 valence electrons. The van der Waals surface area contributed by atoms with E-state index in [2.05, 4.69) is 10.3 Å². The van der Waals surface area contributed by atoms with Crippen LogP contribution >= 0.6 is 11.3 Å². The van der Waals surface area contributed by atoms with Crippen molar-refractivity contribution in [1.29, 1.82) is 0 Å². The predicted molar refractivity (Wildman–Crippen MR) is 70.9 cm³/mol. The van der Waals surface area contributed by atoms with Gasteiger partial charge in [-0.15, -0.1) is 11.3 Å². The van der Waals surface area contributed by atoms with Gasteiger partial charge in [0.2, 0.25) is 5.91 Å². The molecule has 1 rings (SSSR count). The average Bonchev–Trinajstić information content (AvgIpc) is 2.51. The van der Waals surface area contributed by atoms with Crippen LogP contribution in [-0.4, -0.2) is 10.9 Å². The van der Waals surface area contributed by atoms with Crippen molar-refractivity contribution in [3.63, 3.8) is 0 Å². The number of aryl methyl sites for hydroxylation is 1. The second-order valence-electron chi connectivity index (χ2n) is 4.58. The maximum atomic E-state index is 11.5. The number of anilines is 1. The monoisotopic (exact) mass is 242 g/mol. The molecule has 0 saturated heterocycles. The summed E-state index contributed by atoms with van der Waals surface area (Å²) in [5.41, 5.74) is 0.970. The van der Waals surface area contributed by atoms with Crippen LogP contribution in [0.1, 0.15) is 46.7 Å². The van der Waals surface area contributed by atoms with E-state index in [0.29, 0.717) is 11.6 Å². The third kappa shape index (κ3) is 6.56. The zero-order chi connectivity index (χ0) is 12.8. The number of amides is 1. The summed E-state index contributed by atoms with van der Waals surface area (Å²) in [7, 11) is 0. The number of carbonyl (C=O) groups excluding carboxylic acids is 1. The molecule has 3 nitrogen and oxygen atoms in total. The van der Waals surface area contributed by atoms with Gasteiger partial charge < -0.3 is 5.32 Å². The van der Waals surface area contributed by atoms with Crippen molar-refractivity contribution in [2.75, 3.05) is 5.32 Å². The third-order valence-electron chi connectivity index (χ3n) is 1.56. The van der Waals surface area contributed by atoms with Crippen molar-refractivity contribution in [3.05, 3.63) is 11.1 Å². The molecule has 1 aromatic heterocycles. The number of nitrogens with zero attached hydrogens (tertiary/aromatic N) is 1. The van der Waals surface area contributed by atoms with Crippen LogP contribution in [0.2, 0.25) is 0 Å². The first-order chi connectivity index (χ1) is 7.37. The molecule has 0 atom stereocenters. The molecule has 1 N–H and O–H groups in total. The summed E-state index contributed by atoms with van der Waals surface area (Å²) >= 11 is 1.46. The van der Waals surface area contributed by atoms with Gasteiger partial charge in [0.05, 0.1) is 5.69 Å². The zero-order valence-electron chi connectivity index (χ0n) is 11.0. The summed E-state index contributed by atoms with van der Waals surface area (Å²) in [4.78, 5) is 15.7. The SMILES string of the molecule is CC.Cc1csc(NC(=O)CC(C)(C)C)n1. The van der Waals surface area contributed by atoms with E-state index in [9.17, 15) is 4.79 Å². The first-order valence-electron chi connectivity index (χ1n) is 5.59. The normalized spacial score (nSPS) is 10.4. The van der Waals surface area contributed by atoms with Crippen LogP contribution < -0.4 is 5.32 Å². The third-order valence-corrected chi connectivity index (χ3v) is 2.43. The van der Waals surface area contributed by atoms with Gasteiger partial charge in [0, 0.05) is 11.8 Å². The van der Waals surface area contributed by atoms with E-state index in [-0.39, 0.29) is 11.3 Å². The number of carbonyl (C=O) groups is 1. The van der Waals surface area contributed by atoms with Gasteiger partial charge >= 0.3 is 0 Å². The Morgan fingerprint density at radius 3 is 2.38 bits per heavy atom. The fourth-order valence-corrected chi connectivity index (χ4v) is 1.76. The Kier molecular flexibility index (Phi) is 6.26. The second kappa shape index (κ2) is 6.63. The minimum Gasteiger partial charge on any atom is -0.302 e. The van der Waals surface area contributed by atoms with Crippen molar-refractivity contribution in [2.45, 2.75) is 48.0 Å². The van der Waals surface area contributed by atoms with Crippen LogP contribution in [0.3, 0.4) is 0 Å². The highest BCUT2D eigenvalue weighted by Gasteiger charge is 2.16. The highest BCUT2D eigenvalue weighted by molar-refractivity contribution is 7.13. The molecule has 0 fully saturated rings. The molecular weight excluding hydrogens is 220 g/mol. The van der Waals surface area contributed by atoms with Crippen LogP contribution in [0, 0.1) is 12.3 Å². The number of thiazole rings is 1. The highest BCUT2D eigenvalue weighted by atomic mass is 32.1. The number of hydrogen-bond donors (Lipinski definition) is 1. The second-order valence-corrected chi connectivity index (χ2v) is 5.44. The standard InChI is InChI=1S/C10H16N2OS.C2H6/c1-7-6-14-9(11-7)12-8(13)5-10(2,3)4;1-2/h6H,5H2,1-4H3,(H,11,12,13);1-2H3. The molecule has 1 amide bonds. The Balaban J connectivity index is 0.00000106. The minimum atomic E-state index is 0.0242. The van der Waals surface area contributed by atoms with E-state index in [0.717, 1.165) is 5.69 Å². The number of aromatic nitrogens is 1. The molecule has 1 aromatic rings. The van der Waals surface area contributed by atoms with Gasteiger partial charge in [0.25, 0.3) is 0 Å². The van der Waals surface area contributed by atoms with E-state index >= 15 is 0 Å². The molecular formula is C12H22N2OS. The van der Waals surface area contributed by atoms with Gasteiger partial charge in [-0.1, -0.05) is 34.6 Å². The summed E-state index contributed by atoms with van der Waals surface area (Å²) in [6.45, 7) is 12.0. The summed E-state index contributed by atoms with van der Waals surface area (Å²) < 4.78 is 0. The van der Waals surface area contributed by atoms with E-state index in [1.807, 2.05) is 46.9 Å². The zero-order valence-corrected chi connectivity index (χ0v) is 11.9. The lowest BCUT2D eigenvalue weighted by atomic mass is 9.92. The Hall–Kier alpha value is -0.900. The van der Waals surface area contributed by atoms with Crippen LogP contribution in [0.15, 0.2) is 5.38 Å². The van der Waals surface area contributed by atoms with Gasteiger partial charge in [-0.25, -0.2) is 4.98 Å². The summed E-state index contributed by atoms with van der Waals surface area (Å²) in [6.07, 6.45) is 0.519. The average molecular weight is 242 g/mol. The Morgan fingerprint density at radius 1 is 1.44 bits per heavy atom. The number of nitrogens with one attached hydrogen (secondary N) is 1. The fourth-order valence-electron chi connectivity index (χ4n) is 1.06. The van der Waals surface area contributed by atoms with E-state index in [1.165, 1.54) is 11.3 Å². The molecule has 0 aliphatic heterocycles. The van der Waals surface area contributed by atoms with Crippen molar-refractivity contribution >= 4 is 22.4 Å². The number of hydrogen-bond acceptors (Lipinski definition) is 3. The lowest BCUT2D eigenvalue weighted by Gasteiger charge is -2.16. The minimum absolute atomic E-state index is 0.0242. The molecule has 4 heteroatoms. The molecule has 16 heavy (non-hydrogen) atoms. The van der Waals surface area contributed by atoms with E-state index in [4.69, 9.17) is 0 Å². The molecule has 0 bridgehead atoms. The molecule has 0 aromatic carbocycles. The summed E-state index contributed by atoms with van der Waals surface area (Å²) in [5.74, 6) is 0.0341. The highest BCUT2D eigenvalue weighted by Crippen LogP contribution is 2.20. The van der Waals surface area contributed by atoms with Gasteiger partial charge in [-0.3, -0.25) is 4.79 Å². The lowest BCUT2D eigenvalue weighted by Crippen LogP contribution is -2.19. The van der Waals surface area contributed by atoms with Crippen LogP contribution in [0.5, 0.6) is 0 Å². The molecule has 0 saturated carbocycles. The van der Waals surface area contributed by atoms with E-state index < -0.39 is 0 Å². The largest absolute Gasteiger partial charge is 0.302 e. The topological polar surface area (TPSA) is 42.0 Å². The van der Waals surface area contributed by atoms with Crippen LogP contribution in [-0.2, 0) is 4.79 Å². The summed E-state index contributed by atoms with van der Waals surface area (Å²) in [5, 5.41) is 5.40. The Morgan fingerprint density at radius 2 is 2.00 bits per heavy atom. The van der Waals surface area contributed by atoms with Crippen molar-refractivity contribution in [3.8, 4) is 0 Å². The lowest BCUT2D eigenvalue weighted by molar-refractivity contribution is -0.117. The van der Waals surface area contributed by atoms with Crippen molar-refractivity contribution < 1.29 is 4.79 Å². The van der Waals surface area contributed by atoms with Crippen molar-refractivity contribution in [2.24, 2.45) is 5.41 Å². The quantitative estimate of drug-likeness (QED) is 0.855. The van der Waals surface area contributed by atoms with Gasteiger partial charge in [0.1, 0.15) is 0 Å². The van der Waals surface area contributed by atoms with Gasteiger partial charge in [-0.2, -0.15) is 0 Å². The number of rotatable bonds is 2. The maximum Gasteiger partial charge on any atom is 0.226 e.